The molecule has 0 aliphatic rings. The first-order valence-corrected chi connectivity index (χ1v) is 21.8. The van der Waals surface area contributed by atoms with Gasteiger partial charge >= 0.3 is 0 Å². The van der Waals surface area contributed by atoms with E-state index < -0.39 is 0 Å². The Labute approximate surface area is 358 Å². The van der Waals surface area contributed by atoms with Crippen molar-refractivity contribution in [2.45, 2.75) is 156 Å². The molecule has 3 aromatic rings. The molecule has 0 amide bonds. The first-order valence-electron chi connectivity index (χ1n) is 21.8. The van der Waals surface area contributed by atoms with E-state index in [2.05, 4.69) is 139 Å². The van der Waals surface area contributed by atoms with Gasteiger partial charge in [-0.1, -0.05) is 81.5 Å². The van der Waals surface area contributed by atoms with Crippen LogP contribution in [0.15, 0.2) is 87.6 Å². The molecular weight excluding hydrogens is 725 g/mol. The Morgan fingerprint density at radius 2 is 0.712 bits per heavy atom. The van der Waals surface area contributed by atoms with Crippen LogP contribution in [-0.2, 0) is 44.9 Å². The van der Waals surface area contributed by atoms with Crippen LogP contribution >= 0.6 is 0 Å². The highest BCUT2D eigenvalue weighted by atomic mass is 16.5. The Morgan fingerprint density at radius 3 is 1.05 bits per heavy atom. The van der Waals surface area contributed by atoms with Crippen molar-refractivity contribution in [2.24, 2.45) is 0 Å². The van der Waals surface area contributed by atoms with Crippen LogP contribution in [0.2, 0.25) is 0 Å². The lowest BCUT2D eigenvalue weighted by Crippen LogP contribution is -2.13. The van der Waals surface area contributed by atoms with Gasteiger partial charge in [-0.25, -0.2) is 0 Å². The molecule has 0 spiro atoms. The lowest BCUT2D eigenvalue weighted by molar-refractivity contribution is 0.287. The zero-order valence-electron chi connectivity index (χ0n) is 39.7. The maximum Gasteiger partial charge on any atom is 0.201 e. The van der Waals surface area contributed by atoms with Gasteiger partial charge in [0.2, 0.25) is 5.75 Å². The first kappa shape index (κ1) is 48.7. The summed E-state index contributed by atoms with van der Waals surface area (Å²) < 4.78 is 12.4. The number of fused-ring (bicyclic) bond motifs is 1. The van der Waals surface area contributed by atoms with Crippen molar-refractivity contribution in [3.63, 3.8) is 0 Å². The van der Waals surface area contributed by atoms with Gasteiger partial charge in [0.1, 0.15) is 5.75 Å². The molecule has 59 heavy (non-hydrogen) atoms. The third-order valence-electron chi connectivity index (χ3n) is 10.6. The van der Waals surface area contributed by atoms with Gasteiger partial charge in [0.15, 0.2) is 11.5 Å². The monoisotopic (exact) mass is 801 g/mol. The van der Waals surface area contributed by atoms with Crippen LogP contribution in [0.5, 0.6) is 23.0 Å². The van der Waals surface area contributed by atoms with Crippen molar-refractivity contribution in [1.29, 1.82) is 0 Å². The molecule has 0 aromatic heterocycles. The number of phenols is 2. The van der Waals surface area contributed by atoms with Gasteiger partial charge in [0.25, 0.3) is 0 Å². The molecule has 4 heteroatoms. The average Bonchev–Trinajstić information content (AvgIpc) is 3.14. The second-order valence-electron chi connectivity index (χ2n) is 17.7. The molecule has 3 aromatic carbocycles. The largest absolute Gasteiger partial charge is 0.507 e. The molecule has 3 rings (SSSR count). The summed E-state index contributed by atoms with van der Waals surface area (Å²) in [6.07, 6.45) is 21.7. The van der Waals surface area contributed by atoms with Gasteiger partial charge < -0.3 is 19.7 Å². The fourth-order valence-corrected chi connectivity index (χ4v) is 7.67. The van der Waals surface area contributed by atoms with E-state index in [0.717, 1.165) is 48.6 Å². The first-order chi connectivity index (χ1) is 27.8. The number of allylic oxidation sites excluding steroid dienone is 14. The van der Waals surface area contributed by atoms with E-state index in [-0.39, 0.29) is 23.0 Å². The van der Waals surface area contributed by atoms with Crippen LogP contribution in [0, 0.1) is 0 Å². The maximum atomic E-state index is 12.5. The quantitative estimate of drug-likeness (QED) is 0.0936. The molecule has 2 N–H and O–H groups in total. The third kappa shape index (κ3) is 12.9. The predicted octanol–water partition coefficient (Wildman–Crippen LogP) is 15.3. The van der Waals surface area contributed by atoms with E-state index >= 15 is 0 Å². The van der Waals surface area contributed by atoms with Gasteiger partial charge in [-0.05, 0) is 205 Å². The standard InChI is InChI=1S/C55H76O4/c1-17-58-49-33-48(56)53(55(54(49)57)59-18-2)52-47(32-25-40(15)16)43(28-21-36(7)8)45(30-23-38(11)12)50-44(29-22-37(9)10)41(26-19-34(3)4)42(27-20-35(5)6)46(51(50)52)31-24-39(13)14/h19-25,33,56-57H,17-18,26-32H2,1-16H3. The smallest absolute Gasteiger partial charge is 0.201 e. The molecule has 0 saturated carbocycles. The van der Waals surface area contributed by atoms with Gasteiger partial charge in [0.05, 0.1) is 18.8 Å². The minimum absolute atomic E-state index is 0.0261. The van der Waals surface area contributed by atoms with Crippen molar-refractivity contribution in [3.05, 3.63) is 127 Å². The molecule has 0 bridgehead atoms. The maximum absolute atomic E-state index is 12.5. The molecule has 0 aliphatic heterocycles. The van der Waals surface area contributed by atoms with E-state index in [1.54, 1.807) is 6.07 Å². The summed E-state index contributed by atoms with van der Waals surface area (Å²) in [5.41, 5.74) is 19.3. The van der Waals surface area contributed by atoms with Crippen LogP contribution in [0.25, 0.3) is 21.9 Å². The summed E-state index contributed by atoms with van der Waals surface area (Å²) in [6.45, 7) is 34.9. The molecule has 0 fully saturated rings. The SMILES string of the molecule is CCOc1cc(O)c(-c2c(CC=C(C)C)c(CC=C(C)C)c(CC=C(C)C)c3c(CC=C(C)C)c(CC=C(C)C)c(CC=C(C)C)c(CC=C(C)C)c23)c(OCC)c1O. The van der Waals surface area contributed by atoms with Crippen molar-refractivity contribution in [1.82, 2.24) is 0 Å². The molecule has 0 radical (unpaired) electrons. The van der Waals surface area contributed by atoms with Crippen molar-refractivity contribution < 1.29 is 19.7 Å². The summed E-state index contributed by atoms with van der Waals surface area (Å²) in [5, 5.41) is 26.9. The van der Waals surface area contributed by atoms with Gasteiger partial charge in [0, 0.05) is 11.6 Å². The van der Waals surface area contributed by atoms with Gasteiger partial charge in [-0.2, -0.15) is 0 Å². The molecular formula is C55H76O4. The van der Waals surface area contributed by atoms with Crippen LogP contribution in [0.3, 0.4) is 0 Å². The molecule has 0 saturated heterocycles. The zero-order valence-corrected chi connectivity index (χ0v) is 39.7. The topological polar surface area (TPSA) is 58.9 Å². The number of aromatic hydroxyl groups is 2. The number of hydrogen-bond acceptors (Lipinski definition) is 4. The lowest BCUT2D eigenvalue weighted by atomic mass is 9.74. The van der Waals surface area contributed by atoms with E-state index in [1.807, 2.05) is 13.8 Å². The summed E-state index contributed by atoms with van der Waals surface area (Å²) in [4.78, 5) is 0. The summed E-state index contributed by atoms with van der Waals surface area (Å²) in [5.74, 6) is 0.389. The third-order valence-corrected chi connectivity index (χ3v) is 10.6. The Balaban J connectivity index is 3.18. The van der Waals surface area contributed by atoms with E-state index in [4.69, 9.17) is 9.47 Å². The van der Waals surface area contributed by atoms with Crippen molar-refractivity contribution in [3.8, 4) is 34.1 Å². The Morgan fingerprint density at radius 1 is 0.407 bits per heavy atom. The molecule has 0 heterocycles. The minimum atomic E-state index is -0.0946. The summed E-state index contributed by atoms with van der Waals surface area (Å²) in [7, 11) is 0. The molecule has 4 nitrogen and oxygen atoms in total. The highest BCUT2D eigenvalue weighted by Crippen LogP contribution is 2.55. The van der Waals surface area contributed by atoms with E-state index in [9.17, 15) is 10.2 Å². The van der Waals surface area contributed by atoms with E-state index in [0.29, 0.717) is 31.6 Å². The number of hydrogen-bond donors (Lipinski definition) is 2. The fourth-order valence-electron chi connectivity index (χ4n) is 7.67. The fraction of sp³-hybridized carbons (Fsp3) is 0.455. The molecule has 0 aliphatic carbocycles. The second-order valence-corrected chi connectivity index (χ2v) is 17.7. The lowest BCUT2D eigenvalue weighted by Gasteiger charge is -2.30. The highest BCUT2D eigenvalue weighted by molar-refractivity contribution is 6.09. The molecule has 0 atom stereocenters. The van der Waals surface area contributed by atoms with Crippen molar-refractivity contribution >= 4 is 10.8 Å². The van der Waals surface area contributed by atoms with Crippen LogP contribution in [0.1, 0.15) is 150 Å². The Hall–Kier alpha value is -4.70. The Bertz CT molecular complexity index is 2160. The number of benzene rings is 3. The van der Waals surface area contributed by atoms with Crippen LogP contribution < -0.4 is 9.47 Å². The van der Waals surface area contributed by atoms with Gasteiger partial charge in [-0.15, -0.1) is 0 Å². The summed E-state index contributed by atoms with van der Waals surface area (Å²) >= 11 is 0. The van der Waals surface area contributed by atoms with Crippen molar-refractivity contribution in [2.75, 3.05) is 13.2 Å². The van der Waals surface area contributed by atoms with E-state index in [1.165, 1.54) is 77.8 Å². The predicted molar refractivity (Wildman–Crippen MR) is 257 cm³/mol. The second kappa shape index (κ2) is 22.6. The average molecular weight is 801 g/mol. The number of ether oxygens (including phenoxy) is 2. The normalized spacial score (nSPS) is 10.8. The highest BCUT2D eigenvalue weighted by Gasteiger charge is 2.31. The molecule has 0 unspecified atom stereocenters. The van der Waals surface area contributed by atoms with Gasteiger partial charge in [-0.3, -0.25) is 0 Å². The zero-order chi connectivity index (χ0) is 44.1. The number of rotatable bonds is 19. The minimum Gasteiger partial charge on any atom is -0.507 e. The Kier molecular flexibility index (Phi) is 18.7. The molecule has 320 valence electrons. The van der Waals surface area contributed by atoms with Crippen LogP contribution in [0.4, 0.5) is 0 Å². The van der Waals surface area contributed by atoms with Crippen LogP contribution in [-0.4, -0.2) is 23.4 Å². The summed E-state index contributed by atoms with van der Waals surface area (Å²) in [6, 6.07) is 1.58. The number of phenolic OH excluding ortho intramolecular Hbond substituents is 2.